The van der Waals surface area contributed by atoms with Crippen molar-refractivity contribution >= 4 is 27.8 Å². The Morgan fingerprint density at radius 3 is 2.50 bits per heavy atom. The van der Waals surface area contributed by atoms with E-state index >= 15 is 0 Å². The Morgan fingerprint density at radius 2 is 1.83 bits per heavy atom. The number of hydrogen-bond acceptors (Lipinski definition) is 4. The molecule has 5 rings (SSSR count). The molecule has 0 radical (unpaired) electrons. The zero-order valence-electron chi connectivity index (χ0n) is 19.4. The normalized spacial score (nSPS) is 12.8. The van der Waals surface area contributed by atoms with Crippen LogP contribution in [-0.4, -0.2) is 37.0 Å². The van der Waals surface area contributed by atoms with Gasteiger partial charge in [0.2, 0.25) is 0 Å². The lowest BCUT2D eigenvalue weighted by atomic mass is 10.1. The van der Waals surface area contributed by atoms with Gasteiger partial charge in [-0.25, -0.2) is 0 Å². The van der Waals surface area contributed by atoms with Gasteiger partial charge in [-0.1, -0.05) is 0 Å². The zero-order valence-corrected chi connectivity index (χ0v) is 19.4. The summed E-state index contributed by atoms with van der Waals surface area (Å²) >= 11 is 0. The first-order valence-corrected chi connectivity index (χ1v) is 11.2. The molecule has 184 valence electrons. The second kappa shape index (κ2) is 8.80. The van der Waals surface area contributed by atoms with Gasteiger partial charge in [-0.2, -0.15) is 18.3 Å². The molecule has 1 atom stereocenters. The van der Waals surface area contributed by atoms with Gasteiger partial charge in [0, 0.05) is 47.2 Å². The van der Waals surface area contributed by atoms with E-state index in [1.807, 2.05) is 6.92 Å². The summed E-state index contributed by atoms with van der Waals surface area (Å²) in [5, 5.41) is 18.7. The number of fused-ring (bicyclic) bond motifs is 3. The third-order valence-electron chi connectivity index (χ3n) is 6.07. The highest BCUT2D eigenvalue weighted by Gasteiger charge is 2.30. The fourth-order valence-electron chi connectivity index (χ4n) is 4.36. The van der Waals surface area contributed by atoms with Crippen molar-refractivity contribution in [3.63, 3.8) is 0 Å². The topological polar surface area (TPSA) is 85.0 Å². The summed E-state index contributed by atoms with van der Waals surface area (Å²) in [5.41, 5.74) is 2.93. The first-order valence-electron chi connectivity index (χ1n) is 11.2. The van der Waals surface area contributed by atoms with Crippen molar-refractivity contribution in [2.75, 3.05) is 6.61 Å². The quantitative estimate of drug-likeness (QED) is 0.372. The van der Waals surface area contributed by atoms with Crippen molar-refractivity contribution < 1.29 is 23.1 Å². The minimum atomic E-state index is -4.43. The SMILES string of the molecule is Cc1cc(C(CO)NC(=O)c2ccc3c(c2)c2cn(C)nc2n3-c2ccc(C(F)(F)F)cc2)ccn1. The Morgan fingerprint density at radius 1 is 1.08 bits per heavy atom. The van der Waals surface area contributed by atoms with E-state index < -0.39 is 17.8 Å². The van der Waals surface area contributed by atoms with Crippen LogP contribution in [0.4, 0.5) is 13.2 Å². The molecule has 0 saturated heterocycles. The first-order chi connectivity index (χ1) is 17.2. The first kappa shape index (κ1) is 23.6. The molecule has 3 aromatic heterocycles. The van der Waals surface area contributed by atoms with E-state index in [1.165, 1.54) is 12.1 Å². The highest BCUT2D eigenvalue weighted by molar-refractivity contribution is 6.10. The number of carbonyl (C=O) groups excluding carboxylic acids is 1. The number of aromatic nitrogens is 4. The van der Waals surface area contributed by atoms with Crippen molar-refractivity contribution in [2.24, 2.45) is 7.05 Å². The maximum absolute atomic E-state index is 13.1. The predicted octanol–water partition coefficient (Wildman–Crippen LogP) is 4.70. The number of aryl methyl sites for hydroxylation is 2. The Kier molecular flexibility index (Phi) is 5.76. The summed E-state index contributed by atoms with van der Waals surface area (Å²) in [6.45, 7) is 1.54. The van der Waals surface area contributed by atoms with Gasteiger partial charge in [0.25, 0.3) is 5.91 Å². The smallest absolute Gasteiger partial charge is 0.394 e. The number of alkyl halides is 3. The van der Waals surface area contributed by atoms with E-state index in [1.54, 1.807) is 59.0 Å². The molecule has 5 aromatic rings. The molecule has 0 aliphatic rings. The van der Waals surface area contributed by atoms with Gasteiger partial charge >= 0.3 is 6.18 Å². The zero-order chi connectivity index (χ0) is 25.6. The number of aliphatic hydroxyl groups excluding tert-OH is 1. The predicted molar refractivity (Wildman–Crippen MR) is 129 cm³/mol. The fourth-order valence-corrected chi connectivity index (χ4v) is 4.36. The van der Waals surface area contributed by atoms with Gasteiger partial charge in [-0.15, -0.1) is 0 Å². The molecule has 0 fully saturated rings. The number of benzene rings is 2. The molecule has 0 aliphatic heterocycles. The van der Waals surface area contributed by atoms with Crippen LogP contribution in [0.1, 0.15) is 33.2 Å². The summed E-state index contributed by atoms with van der Waals surface area (Å²) in [6, 6.07) is 12.9. The highest BCUT2D eigenvalue weighted by atomic mass is 19.4. The molecule has 36 heavy (non-hydrogen) atoms. The molecule has 0 bridgehead atoms. The number of hydrogen-bond donors (Lipinski definition) is 2. The lowest BCUT2D eigenvalue weighted by molar-refractivity contribution is -0.137. The van der Waals surface area contributed by atoms with Gasteiger partial charge in [0.15, 0.2) is 5.65 Å². The Labute approximate surface area is 203 Å². The monoisotopic (exact) mass is 493 g/mol. The summed E-state index contributed by atoms with van der Waals surface area (Å²) in [7, 11) is 1.75. The van der Waals surface area contributed by atoms with Crippen LogP contribution in [0.25, 0.3) is 27.6 Å². The van der Waals surface area contributed by atoms with E-state index in [-0.39, 0.29) is 12.5 Å². The number of rotatable bonds is 5. The molecule has 10 heteroatoms. The minimum absolute atomic E-state index is 0.283. The minimum Gasteiger partial charge on any atom is -0.394 e. The molecule has 0 aliphatic carbocycles. The molecule has 2 aromatic carbocycles. The van der Waals surface area contributed by atoms with E-state index in [0.717, 1.165) is 34.2 Å². The largest absolute Gasteiger partial charge is 0.416 e. The van der Waals surface area contributed by atoms with E-state index in [2.05, 4.69) is 15.4 Å². The molecule has 1 amide bonds. The van der Waals surface area contributed by atoms with Crippen LogP contribution in [0.2, 0.25) is 0 Å². The maximum atomic E-state index is 13.1. The standard InChI is InChI=1S/C26H22F3N5O2/c1-15-11-16(9-10-30-15)22(14-35)31-25(36)17-3-8-23-20(12-17)21-13-33(2)32-24(21)34(23)19-6-4-18(5-7-19)26(27,28)29/h3-13,22,35H,14H2,1-2H3,(H,31,36). The molecule has 7 nitrogen and oxygen atoms in total. The number of nitrogens with one attached hydrogen (secondary N) is 1. The lowest BCUT2D eigenvalue weighted by Crippen LogP contribution is -2.30. The van der Waals surface area contributed by atoms with Crippen LogP contribution in [0.3, 0.4) is 0 Å². The van der Waals surface area contributed by atoms with Crippen molar-refractivity contribution in [2.45, 2.75) is 19.1 Å². The van der Waals surface area contributed by atoms with Gasteiger partial charge in [-0.3, -0.25) is 19.0 Å². The number of aliphatic hydroxyl groups is 1. The summed E-state index contributed by atoms with van der Waals surface area (Å²) in [4.78, 5) is 17.2. The molecule has 0 saturated carbocycles. The number of pyridine rings is 1. The Hall–Kier alpha value is -4.18. The van der Waals surface area contributed by atoms with Crippen molar-refractivity contribution in [3.8, 4) is 5.69 Å². The average molecular weight is 493 g/mol. The van der Waals surface area contributed by atoms with Gasteiger partial charge in [0.1, 0.15) is 0 Å². The van der Waals surface area contributed by atoms with Crippen LogP contribution in [0.15, 0.2) is 67.0 Å². The molecular formula is C26H22F3N5O2. The van der Waals surface area contributed by atoms with Gasteiger partial charge in [-0.05, 0) is 67.1 Å². The van der Waals surface area contributed by atoms with Crippen molar-refractivity contribution in [1.29, 1.82) is 0 Å². The summed E-state index contributed by atoms with van der Waals surface area (Å²) in [6.07, 6.45) is -1.01. The van der Waals surface area contributed by atoms with Crippen LogP contribution in [0, 0.1) is 6.92 Å². The third-order valence-corrected chi connectivity index (χ3v) is 6.07. The molecule has 2 N–H and O–H groups in total. The molecular weight excluding hydrogens is 471 g/mol. The van der Waals surface area contributed by atoms with E-state index in [0.29, 0.717) is 22.4 Å². The molecule has 1 unspecified atom stereocenters. The second-order valence-corrected chi connectivity index (χ2v) is 8.59. The number of amides is 1. The summed E-state index contributed by atoms with van der Waals surface area (Å²) in [5.74, 6) is -0.371. The highest BCUT2D eigenvalue weighted by Crippen LogP contribution is 2.34. The average Bonchev–Trinajstić information content (AvgIpc) is 3.36. The maximum Gasteiger partial charge on any atom is 0.416 e. The molecule has 0 spiro atoms. The van der Waals surface area contributed by atoms with Crippen molar-refractivity contribution in [3.05, 3.63) is 89.4 Å². The Bertz CT molecular complexity index is 1590. The third kappa shape index (κ3) is 4.20. The fraction of sp³-hybridized carbons (Fsp3) is 0.192. The number of nitrogens with zero attached hydrogens (tertiary/aromatic N) is 4. The van der Waals surface area contributed by atoms with Crippen LogP contribution < -0.4 is 5.32 Å². The van der Waals surface area contributed by atoms with Crippen LogP contribution >= 0.6 is 0 Å². The van der Waals surface area contributed by atoms with Crippen molar-refractivity contribution in [1.82, 2.24) is 24.6 Å². The lowest BCUT2D eigenvalue weighted by Gasteiger charge is -2.17. The molecule has 3 heterocycles. The number of halogens is 3. The van der Waals surface area contributed by atoms with E-state index in [4.69, 9.17) is 0 Å². The van der Waals surface area contributed by atoms with Gasteiger partial charge in [0.05, 0.1) is 23.7 Å². The summed E-state index contributed by atoms with van der Waals surface area (Å²) < 4.78 is 42.6. The van der Waals surface area contributed by atoms with E-state index in [9.17, 15) is 23.1 Å². The second-order valence-electron chi connectivity index (χ2n) is 8.59. The van der Waals surface area contributed by atoms with Crippen LogP contribution in [-0.2, 0) is 13.2 Å². The Balaban J connectivity index is 1.55. The van der Waals surface area contributed by atoms with Crippen LogP contribution in [0.5, 0.6) is 0 Å². The van der Waals surface area contributed by atoms with Gasteiger partial charge < -0.3 is 10.4 Å². The number of carbonyl (C=O) groups is 1.